The van der Waals surface area contributed by atoms with Crippen LogP contribution in [0.15, 0.2) is 30.9 Å². The highest BCUT2D eigenvalue weighted by Crippen LogP contribution is 2.23. The summed E-state index contributed by atoms with van der Waals surface area (Å²) in [5.41, 5.74) is 0.442. The smallest absolute Gasteiger partial charge is 0.255 e. The highest BCUT2D eigenvalue weighted by atomic mass is 35.5. The molecule has 0 fully saturated rings. The molecule has 2 amide bonds. The largest absolute Gasteiger partial charge is 0.493 e. The Morgan fingerprint density at radius 2 is 2.10 bits per heavy atom. The number of carbonyl (C=O) groups is 2. The Balaban J connectivity index is 1.56. The number of benzene rings is 1. The van der Waals surface area contributed by atoms with Crippen molar-refractivity contribution in [2.75, 3.05) is 26.2 Å². The van der Waals surface area contributed by atoms with Crippen LogP contribution in [0.2, 0.25) is 5.02 Å². The lowest BCUT2D eigenvalue weighted by molar-refractivity contribution is -0.131. The summed E-state index contributed by atoms with van der Waals surface area (Å²) in [6, 6.07) is 5.04. The first kappa shape index (κ1) is 21.1. The number of halogens is 1. The summed E-state index contributed by atoms with van der Waals surface area (Å²) in [5, 5.41) is 7.45. The van der Waals surface area contributed by atoms with Gasteiger partial charge in [-0.2, -0.15) is 5.10 Å². The molecule has 0 saturated heterocycles. The van der Waals surface area contributed by atoms with Crippen molar-refractivity contribution in [3.05, 3.63) is 41.4 Å². The third-order valence-corrected chi connectivity index (χ3v) is 4.99. The number of fused-ring (bicyclic) bond motifs is 1. The van der Waals surface area contributed by atoms with Gasteiger partial charge in [0.2, 0.25) is 5.91 Å². The molecule has 1 aromatic heterocycles. The number of aromatic nitrogens is 3. The van der Waals surface area contributed by atoms with E-state index < -0.39 is 0 Å². The van der Waals surface area contributed by atoms with Crippen LogP contribution < -0.4 is 10.1 Å². The van der Waals surface area contributed by atoms with E-state index in [4.69, 9.17) is 16.3 Å². The molecule has 0 atom stereocenters. The summed E-state index contributed by atoms with van der Waals surface area (Å²) in [4.78, 5) is 30.9. The Morgan fingerprint density at radius 1 is 1.24 bits per heavy atom. The summed E-state index contributed by atoms with van der Waals surface area (Å²) in [7, 11) is 0. The van der Waals surface area contributed by atoms with Gasteiger partial charge in [0, 0.05) is 37.6 Å². The first-order valence-corrected chi connectivity index (χ1v) is 10.3. The van der Waals surface area contributed by atoms with E-state index in [-0.39, 0.29) is 11.8 Å². The van der Waals surface area contributed by atoms with E-state index in [0.717, 1.165) is 19.3 Å². The lowest BCUT2D eigenvalue weighted by atomic mass is 10.2. The van der Waals surface area contributed by atoms with E-state index in [1.807, 2.05) is 4.90 Å². The average molecular weight is 420 g/mol. The topological polar surface area (TPSA) is 89.4 Å². The van der Waals surface area contributed by atoms with Crippen molar-refractivity contribution in [3.8, 4) is 5.75 Å². The molecule has 1 aliphatic heterocycles. The number of ether oxygens (including phenoxy) is 1. The molecular weight excluding hydrogens is 394 g/mol. The number of amides is 2. The first-order chi connectivity index (χ1) is 14.1. The molecule has 156 valence electrons. The number of carbonyl (C=O) groups excluding carboxylic acids is 2. The van der Waals surface area contributed by atoms with Gasteiger partial charge < -0.3 is 15.0 Å². The molecule has 0 aliphatic carbocycles. The SMILES string of the molecule is O=C1NCCCCN(C(=O)CCCn2cncn2)CCCOc2ccc(Cl)cc21. The fourth-order valence-corrected chi connectivity index (χ4v) is 3.40. The zero-order valence-electron chi connectivity index (χ0n) is 16.3. The molecular formula is C20H26ClN5O3. The van der Waals surface area contributed by atoms with Crippen molar-refractivity contribution >= 4 is 23.4 Å². The number of hydrogen-bond acceptors (Lipinski definition) is 5. The zero-order valence-corrected chi connectivity index (χ0v) is 17.1. The molecule has 0 radical (unpaired) electrons. The van der Waals surface area contributed by atoms with Crippen LogP contribution in [-0.2, 0) is 11.3 Å². The molecule has 1 N–H and O–H groups in total. The van der Waals surface area contributed by atoms with Crippen molar-refractivity contribution in [1.82, 2.24) is 25.0 Å². The lowest BCUT2D eigenvalue weighted by Crippen LogP contribution is -2.34. The van der Waals surface area contributed by atoms with Crippen LogP contribution in [0.3, 0.4) is 0 Å². The molecule has 1 aliphatic rings. The Bertz CT molecular complexity index is 812. The van der Waals surface area contributed by atoms with Crippen LogP contribution in [0.5, 0.6) is 5.75 Å². The van der Waals surface area contributed by atoms with E-state index in [0.29, 0.717) is 62.0 Å². The minimum atomic E-state index is -0.192. The molecule has 0 bridgehead atoms. The third kappa shape index (κ3) is 6.45. The second kappa shape index (κ2) is 10.8. The minimum absolute atomic E-state index is 0.135. The zero-order chi connectivity index (χ0) is 20.5. The summed E-state index contributed by atoms with van der Waals surface area (Å²) >= 11 is 6.03. The maximum atomic E-state index is 12.7. The van der Waals surface area contributed by atoms with Crippen molar-refractivity contribution in [3.63, 3.8) is 0 Å². The summed E-state index contributed by atoms with van der Waals surface area (Å²) in [6.45, 7) is 2.95. The van der Waals surface area contributed by atoms with Crippen molar-refractivity contribution < 1.29 is 14.3 Å². The van der Waals surface area contributed by atoms with Gasteiger partial charge in [0.1, 0.15) is 18.4 Å². The van der Waals surface area contributed by atoms with Crippen LogP contribution >= 0.6 is 11.6 Å². The van der Waals surface area contributed by atoms with Crippen LogP contribution in [0.25, 0.3) is 0 Å². The number of nitrogens with one attached hydrogen (secondary N) is 1. The van der Waals surface area contributed by atoms with Gasteiger partial charge in [0.25, 0.3) is 5.91 Å². The monoisotopic (exact) mass is 419 g/mol. The Labute approximate surface area is 175 Å². The van der Waals surface area contributed by atoms with Gasteiger partial charge >= 0.3 is 0 Å². The average Bonchev–Trinajstić information content (AvgIpc) is 3.23. The van der Waals surface area contributed by atoms with Crippen LogP contribution in [-0.4, -0.2) is 57.7 Å². The fraction of sp³-hybridized carbons (Fsp3) is 0.500. The Hall–Kier alpha value is -2.61. The lowest BCUT2D eigenvalue weighted by Gasteiger charge is -2.23. The maximum Gasteiger partial charge on any atom is 0.255 e. The third-order valence-electron chi connectivity index (χ3n) is 4.75. The molecule has 0 unspecified atom stereocenters. The molecule has 1 aromatic carbocycles. The standard InChI is InChI=1S/C20H26ClN5O3/c21-16-6-7-18-17(13-16)20(28)23-8-1-2-9-25(10-4-12-29-18)19(27)5-3-11-26-15-22-14-24-26/h6-7,13-15H,1-5,8-12H2,(H,23,28). The number of aryl methyl sites for hydroxylation is 1. The minimum Gasteiger partial charge on any atom is -0.493 e. The van der Waals surface area contributed by atoms with E-state index in [1.165, 1.54) is 6.33 Å². The molecule has 29 heavy (non-hydrogen) atoms. The number of nitrogens with zero attached hydrogens (tertiary/aromatic N) is 4. The molecule has 9 heteroatoms. The van der Waals surface area contributed by atoms with Crippen LogP contribution in [0.1, 0.15) is 42.5 Å². The van der Waals surface area contributed by atoms with Gasteiger partial charge in [-0.1, -0.05) is 11.6 Å². The van der Waals surface area contributed by atoms with Gasteiger partial charge in [-0.25, -0.2) is 4.98 Å². The van der Waals surface area contributed by atoms with E-state index >= 15 is 0 Å². The predicted molar refractivity (Wildman–Crippen MR) is 109 cm³/mol. The van der Waals surface area contributed by atoms with Gasteiger partial charge in [-0.05, 0) is 43.9 Å². The van der Waals surface area contributed by atoms with Crippen molar-refractivity contribution in [2.45, 2.75) is 38.6 Å². The highest BCUT2D eigenvalue weighted by Gasteiger charge is 2.16. The predicted octanol–water partition coefficient (Wildman–Crippen LogP) is 2.53. The molecule has 0 saturated carbocycles. The van der Waals surface area contributed by atoms with Gasteiger partial charge in [0.15, 0.2) is 0 Å². The Kier molecular flexibility index (Phi) is 7.86. The van der Waals surface area contributed by atoms with E-state index in [2.05, 4.69) is 15.4 Å². The van der Waals surface area contributed by atoms with Gasteiger partial charge in [-0.3, -0.25) is 14.3 Å². The molecule has 0 spiro atoms. The summed E-state index contributed by atoms with van der Waals surface area (Å²) in [6.07, 6.45) is 6.66. The second-order valence-corrected chi connectivity index (χ2v) is 7.38. The fourth-order valence-electron chi connectivity index (χ4n) is 3.23. The number of rotatable bonds is 4. The maximum absolute atomic E-state index is 12.7. The molecule has 8 nitrogen and oxygen atoms in total. The normalized spacial score (nSPS) is 15.9. The summed E-state index contributed by atoms with van der Waals surface area (Å²) in [5.74, 6) is 0.454. The second-order valence-electron chi connectivity index (χ2n) is 6.95. The Morgan fingerprint density at radius 3 is 2.93 bits per heavy atom. The quantitative estimate of drug-likeness (QED) is 0.822. The summed E-state index contributed by atoms with van der Waals surface area (Å²) < 4.78 is 7.54. The van der Waals surface area contributed by atoms with Crippen LogP contribution in [0.4, 0.5) is 0 Å². The molecule has 2 aromatic rings. The van der Waals surface area contributed by atoms with E-state index in [9.17, 15) is 9.59 Å². The van der Waals surface area contributed by atoms with Gasteiger partial charge in [0.05, 0.1) is 12.2 Å². The van der Waals surface area contributed by atoms with Gasteiger partial charge in [-0.15, -0.1) is 0 Å². The molecule has 3 rings (SSSR count). The van der Waals surface area contributed by atoms with Crippen molar-refractivity contribution in [1.29, 1.82) is 0 Å². The highest BCUT2D eigenvalue weighted by molar-refractivity contribution is 6.31. The van der Waals surface area contributed by atoms with Crippen LogP contribution in [0, 0.1) is 0 Å². The first-order valence-electron chi connectivity index (χ1n) is 9.94. The molecule has 2 heterocycles. The number of hydrogen-bond donors (Lipinski definition) is 1. The van der Waals surface area contributed by atoms with E-state index in [1.54, 1.807) is 29.2 Å². The van der Waals surface area contributed by atoms with Crippen molar-refractivity contribution in [2.24, 2.45) is 0 Å².